The van der Waals surface area contributed by atoms with Gasteiger partial charge in [-0.2, -0.15) is 0 Å². The molecule has 0 aliphatic heterocycles. The van der Waals surface area contributed by atoms with Crippen molar-refractivity contribution in [2.45, 2.75) is 105 Å². The van der Waals surface area contributed by atoms with E-state index in [0.717, 1.165) is 37.2 Å². The molecule has 1 aromatic heterocycles. The van der Waals surface area contributed by atoms with Gasteiger partial charge in [-0.15, -0.1) is 11.3 Å². The molecule has 4 fully saturated rings. The van der Waals surface area contributed by atoms with Crippen LogP contribution in [-0.4, -0.2) is 16.1 Å². The number of carbonyl (C=O) groups is 1. The number of nitrogens with zero attached hydrogens (tertiary/aromatic N) is 1. The van der Waals surface area contributed by atoms with E-state index in [-0.39, 0.29) is 27.6 Å². The molecule has 5 aliphatic carbocycles. The van der Waals surface area contributed by atoms with E-state index in [9.17, 15) is 9.90 Å². The Morgan fingerprint density at radius 1 is 1.00 bits per heavy atom. The van der Waals surface area contributed by atoms with Crippen LogP contribution in [-0.2, 0) is 16.6 Å². The predicted molar refractivity (Wildman–Crippen MR) is 147 cm³/mol. The number of fused-ring (bicyclic) bond motifs is 8. The van der Waals surface area contributed by atoms with Gasteiger partial charge in [-0.05, 0) is 111 Å². The Hall–Kier alpha value is -1.36. The Bertz CT molecular complexity index is 1140. The molecular weight excluding hydrogens is 464 g/mol. The Morgan fingerprint density at radius 2 is 1.72 bits per heavy atom. The number of hydrogen-bond acceptors (Lipinski definition) is 4. The molecule has 3 N–H and O–H groups in total. The van der Waals surface area contributed by atoms with Crippen LogP contribution >= 0.6 is 11.3 Å². The standard InChI is InChI=1S/C31H46N2O2S/c1-17(2)18-10-13-31(25(34)35)15-14-29(6)19(23(18)31)8-9-22-28(5)16-20-24(33-26(32)36-20)27(3,4)21(28)11-12-30(22,29)7/h18-19,21-23H,1,8-16H2,2-7H3,(H2,32,33)(H,34,35)/t18-,19+,21-,22+,23+,28-,29+,30+,31-/m0/s1. The van der Waals surface area contributed by atoms with Gasteiger partial charge in [0.05, 0.1) is 11.1 Å². The van der Waals surface area contributed by atoms with E-state index < -0.39 is 11.4 Å². The van der Waals surface area contributed by atoms with Crippen LogP contribution in [0, 0.1) is 51.2 Å². The zero-order chi connectivity index (χ0) is 26.1. The van der Waals surface area contributed by atoms with E-state index in [1.807, 2.05) is 0 Å². The highest BCUT2D eigenvalue weighted by atomic mass is 32.1. The summed E-state index contributed by atoms with van der Waals surface area (Å²) in [5.41, 5.74) is 8.83. The minimum absolute atomic E-state index is 0.0388. The summed E-state index contributed by atoms with van der Waals surface area (Å²) in [6.07, 6.45) is 9.69. The van der Waals surface area contributed by atoms with Gasteiger partial charge in [-0.3, -0.25) is 4.79 Å². The topological polar surface area (TPSA) is 76.2 Å². The second kappa shape index (κ2) is 7.39. The lowest BCUT2D eigenvalue weighted by molar-refractivity contribution is -0.227. The van der Waals surface area contributed by atoms with Crippen molar-refractivity contribution >= 4 is 22.4 Å². The summed E-state index contributed by atoms with van der Waals surface area (Å²) in [6.45, 7) is 19.2. The molecule has 6 rings (SSSR count). The normalized spacial score (nSPS) is 48.7. The summed E-state index contributed by atoms with van der Waals surface area (Å²) in [6, 6.07) is 0. The number of aliphatic carboxylic acids is 1. The average Bonchev–Trinajstić information content (AvgIpc) is 3.35. The van der Waals surface area contributed by atoms with Crippen LogP contribution in [0.15, 0.2) is 12.2 Å². The van der Waals surface area contributed by atoms with Gasteiger partial charge in [0.15, 0.2) is 5.13 Å². The molecule has 0 bridgehead atoms. The maximum absolute atomic E-state index is 12.9. The molecule has 0 spiro atoms. The number of carboxylic acids is 1. The number of anilines is 1. The predicted octanol–water partition coefficient (Wildman–Crippen LogP) is 7.48. The van der Waals surface area contributed by atoms with E-state index in [2.05, 4.69) is 48.1 Å². The van der Waals surface area contributed by atoms with Crippen molar-refractivity contribution in [1.82, 2.24) is 4.98 Å². The molecule has 0 amide bonds. The molecule has 1 heterocycles. The Kier molecular flexibility index (Phi) is 5.12. The zero-order valence-electron chi connectivity index (χ0n) is 23.2. The maximum atomic E-state index is 12.9. The van der Waals surface area contributed by atoms with Crippen LogP contribution in [0.3, 0.4) is 0 Å². The molecule has 9 atom stereocenters. The number of aromatic nitrogens is 1. The van der Waals surface area contributed by atoms with Crippen LogP contribution < -0.4 is 5.73 Å². The molecular formula is C31H46N2O2S. The first-order valence-electron chi connectivity index (χ1n) is 14.4. The molecule has 0 unspecified atom stereocenters. The molecule has 198 valence electrons. The van der Waals surface area contributed by atoms with Gasteiger partial charge in [-0.1, -0.05) is 46.8 Å². The number of nitrogens with two attached hydrogens (primary N) is 1. The van der Waals surface area contributed by atoms with Gasteiger partial charge in [0.2, 0.25) is 0 Å². The number of hydrogen-bond donors (Lipinski definition) is 2. The summed E-state index contributed by atoms with van der Waals surface area (Å²) in [5, 5.41) is 11.3. The molecule has 36 heavy (non-hydrogen) atoms. The lowest BCUT2D eigenvalue weighted by atomic mass is 9.32. The summed E-state index contributed by atoms with van der Waals surface area (Å²) >= 11 is 1.72. The summed E-state index contributed by atoms with van der Waals surface area (Å²) in [7, 11) is 0. The van der Waals surface area contributed by atoms with Crippen molar-refractivity contribution in [2.75, 3.05) is 5.73 Å². The number of nitrogen functional groups attached to an aromatic ring is 1. The minimum atomic E-state index is -0.542. The van der Waals surface area contributed by atoms with Crippen molar-refractivity contribution in [3.63, 3.8) is 0 Å². The summed E-state index contributed by atoms with van der Waals surface area (Å²) < 4.78 is 0. The highest BCUT2D eigenvalue weighted by molar-refractivity contribution is 7.15. The molecule has 5 aliphatic rings. The Labute approximate surface area is 221 Å². The monoisotopic (exact) mass is 510 g/mol. The van der Waals surface area contributed by atoms with Gasteiger partial charge in [0.1, 0.15) is 0 Å². The van der Waals surface area contributed by atoms with E-state index in [0.29, 0.717) is 23.7 Å². The lowest BCUT2D eigenvalue weighted by Crippen LogP contribution is -2.66. The quantitative estimate of drug-likeness (QED) is 0.404. The molecule has 1 aromatic rings. The SMILES string of the molecule is C=C(C)[C@@H]1CC[C@]2(C(=O)O)CC[C@]3(C)[C@H](CC[C@@H]4[C@@]5(C)Cc6sc(N)nc6C(C)(C)[C@@H]5CC[C@]43C)[C@@H]12. The molecule has 0 radical (unpaired) electrons. The maximum Gasteiger partial charge on any atom is 0.309 e. The van der Waals surface area contributed by atoms with Gasteiger partial charge in [0.25, 0.3) is 0 Å². The lowest BCUT2D eigenvalue weighted by Gasteiger charge is -2.72. The van der Waals surface area contributed by atoms with E-state index in [4.69, 9.17) is 10.7 Å². The summed E-state index contributed by atoms with van der Waals surface area (Å²) in [4.78, 5) is 19.1. The van der Waals surface area contributed by atoms with Crippen LogP contribution in [0.4, 0.5) is 5.13 Å². The number of thiazole rings is 1. The van der Waals surface area contributed by atoms with Crippen LogP contribution in [0.1, 0.15) is 103 Å². The fourth-order valence-corrected chi connectivity index (χ4v) is 13.0. The number of allylic oxidation sites excluding steroid dienone is 1. The van der Waals surface area contributed by atoms with Crippen molar-refractivity contribution in [1.29, 1.82) is 0 Å². The highest BCUT2D eigenvalue weighted by Crippen LogP contribution is 2.77. The summed E-state index contributed by atoms with van der Waals surface area (Å²) in [5.74, 6) is 1.78. The molecule has 0 aromatic carbocycles. The molecule has 4 saturated carbocycles. The fourth-order valence-electron chi connectivity index (χ4n) is 11.8. The zero-order valence-corrected chi connectivity index (χ0v) is 24.1. The third-order valence-electron chi connectivity index (χ3n) is 13.5. The first-order valence-corrected chi connectivity index (χ1v) is 15.2. The van der Waals surface area contributed by atoms with E-state index in [1.54, 1.807) is 11.3 Å². The number of rotatable bonds is 2. The minimum Gasteiger partial charge on any atom is -0.481 e. The van der Waals surface area contributed by atoms with Gasteiger partial charge in [-0.25, -0.2) is 4.98 Å². The van der Waals surface area contributed by atoms with Gasteiger partial charge >= 0.3 is 5.97 Å². The van der Waals surface area contributed by atoms with Crippen LogP contribution in [0.5, 0.6) is 0 Å². The Morgan fingerprint density at radius 3 is 2.39 bits per heavy atom. The largest absolute Gasteiger partial charge is 0.481 e. The molecule has 5 heteroatoms. The average molecular weight is 511 g/mol. The van der Waals surface area contributed by atoms with Crippen LogP contribution in [0.2, 0.25) is 0 Å². The second-order valence-electron chi connectivity index (χ2n) is 14.9. The first-order chi connectivity index (χ1) is 16.7. The number of carboxylic acid groups (broad SMARTS) is 1. The molecule has 4 nitrogen and oxygen atoms in total. The van der Waals surface area contributed by atoms with Gasteiger partial charge < -0.3 is 10.8 Å². The van der Waals surface area contributed by atoms with Crippen molar-refractivity contribution in [3.05, 3.63) is 22.7 Å². The third-order valence-corrected chi connectivity index (χ3v) is 14.4. The van der Waals surface area contributed by atoms with Gasteiger partial charge in [0, 0.05) is 10.3 Å². The highest BCUT2D eigenvalue weighted by Gasteiger charge is 2.72. The Balaban J connectivity index is 1.44. The van der Waals surface area contributed by atoms with E-state index in [1.165, 1.54) is 41.8 Å². The fraction of sp³-hybridized carbons (Fsp3) is 0.806. The smallest absolute Gasteiger partial charge is 0.309 e. The molecule has 0 saturated heterocycles. The van der Waals surface area contributed by atoms with Crippen molar-refractivity contribution in [3.8, 4) is 0 Å². The van der Waals surface area contributed by atoms with Crippen molar-refractivity contribution in [2.24, 2.45) is 51.2 Å². The first kappa shape index (κ1) is 24.9. The second-order valence-corrected chi connectivity index (χ2v) is 16.0. The van der Waals surface area contributed by atoms with Crippen LogP contribution in [0.25, 0.3) is 0 Å². The third kappa shape index (κ3) is 2.77. The van der Waals surface area contributed by atoms with E-state index >= 15 is 0 Å². The van der Waals surface area contributed by atoms with Crippen molar-refractivity contribution < 1.29 is 9.90 Å².